The summed E-state index contributed by atoms with van der Waals surface area (Å²) in [6, 6.07) is 1.72. The molecule has 0 spiro atoms. The molecule has 1 atom stereocenters. The largest absolute Gasteiger partial charge is 0.398 e. The lowest BCUT2D eigenvalue weighted by Crippen LogP contribution is -2.33. The number of nitrogen functional groups attached to an aromatic ring is 1. The maximum absolute atomic E-state index is 12.4. The Labute approximate surface area is 110 Å². The highest BCUT2D eigenvalue weighted by molar-refractivity contribution is 7.89. The maximum atomic E-state index is 12.4. The van der Waals surface area contributed by atoms with Gasteiger partial charge in [0.15, 0.2) is 0 Å². The van der Waals surface area contributed by atoms with Gasteiger partial charge in [-0.2, -0.15) is 0 Å². The lowest BCUT2D eigenvalue weighted by atomic mass is 10.1. The Morgan fingerprint density at radius 1 is 1.28 bits per heavy atom. The van der Waals surface area contributed by atoms with Crippen molar-refractivity contribution in [3.8, 4) is 0 Å². The van der Waals surface area contributed by atoms with Crippen LogP contribution in [0.2, 0.25) is 0 Å². The van der Waals surface area contributed by atoms with Crippen molar-refractivity contribution in [2.75, 3.05) is 5.73 Å². The van der Waals surface area contributed by atoms with Crippen LogP contribution < -0.4 is 10.5 Å². The van der Waals surface area contributed by atoms with Crippen LogP contribution >= 0.6 is 0 Å². The van der Waals surface area contributed by atoms with E-state index in [0.29, 0.717) is 16.1 Å². The van der Waals surface area contributed by atoms with Gasteiger partial charge in [-0.05, 0) is 56.9 Å². The molecule has 1 rings (SSSR count). The summed E-state index contributed by atoms with van der Waals surface area (Å²) in [5, 5.41) is 0. The van der Waals surface area contributed by atoms with Gasteiger partial charge in [0.25, 0.3) is 0 Å². The molecule has 1 aromatic carbocycles. The maximum Gasteiger partial charge on any atom is 0.241 e. The van der Waals surface area contributed by atoms with Crippen LogP contribution in [-0.4, -0.2) is 14.5 Å². The van der Waals surface area contributed by atoms with E-state index in [1.807, 2.05) is 33.8 Å². The number of nitrogens with two attached hydrogens (primary N) is 1. The van der Waals surface area contributed by atoms with Gasteiger partial charge in [0.2, 0.25) is 10.0 Å². The monoisotopic (exact) mass is 270 g/mol. The van der Waals surface area contributed by atoms with Crippen LogP contribution in [0.4, 0.5) is 5.69 Å². The van der Waals surface area contributed by atoms with E-state index in [1.54, 1.807) is 6.92 Å². The molecule has 0 bridgehead atoms. The summed E-state index contributed by atoms with van der Waals surface area (Å²) in [6.45, 7) is 9.21. The number of sulfonamides is 1. The van der Waals surface area contributed by atoms with Crippen LogP contribution in [0.5, 0.6) is 0 Å². The van der Waals surface area contributed by atoms with Gasteiger partial charge in [-0.3, -0.25) is 0 Å². The first-order chi connectivity index (χ1) is 8.20. The zero-order chi connectivity index (χ0) is 14.1. The van der Waals surface area contributed by atoms with Crippen LogP contribution in [0.15, 0.2) is 11.0 Å². The smallest absolute Gasteiger partial charge is 0.241 e. The number of nitrogens with one attached hydrogen (secondary N) is 1. The Hall–Kier alpha value is -1.07. The minimum absolute atomic E-state index is 0.0875. The third-order valence-corrected chi connectivity index (χ3v) is 5.18. The zero-order valence-electron chi connectivity index (χ0n) is 11.7. The highest BCUT2D eigenvalue weighted by atomic mass is 32.2. The molecule has 0 saturated carbocycles. The first kappa shape index (κ1) is 15.0. The summed E-state index contributed by atoms with van der Waals surface area (Å²) in [7, 11) is -3.51. The van der Waals surface area contributed by atoms with Crippen molar-refractivity contribution in [2.45, 2.75) is 52.0 Å². The average molecular weight is 270 g/mol. The molecule has 102 valence electrons. The van der Waals surface area contributed by atoms with E-state index in [1.165, 1.54) is 0 Å². The molecule has 0 aliphatic heterocycles. The number of rotatable bonds is 4. The minimum atomic E-state index is -3.51. The molecule has 3 N–H and O–H groups in total. The van der Waals surface area contributed by atoms with E-state index in [0.717, 1.165) is 17.5 Å². The minimum Gasteiger partial charge on any atom is -0.398 e. The lowest BCUT2D eigenvalue weighted by molar-refractivity contribution is 0.554. The summed E-state index contributed by atoms with van der Waals surface area (Å²) in [4.78, 5) is 0.320. The molecule has 0 saturated heterocycles. The molecule has 1 unspecified atom stereocenters. The van der Waals surface area contributed by atoms with E-state index in [4.69, 9.17) is 5.73 Å². The molecule has 0 heterocycles. The van der Waals surface area contributed by atoms with Crippen molar-refractivity contribution in [3.63, 3.8) is 0 Å². The van der Waals surface area contributed by atoms with E-state index >= 15 is 0 Å². The molecule has 18 heavy (non-hydrogen) atoms. The van der Waals surface area contributed by atoms with Crippen molar-refractivity contribution in [2.24, 2.45) is 0 Å². The second kappa shape index (κ2) is 5.28. The topological polar surface area (TPSA) is 72.2 Å². The normalized spacial score (nSPS) is 13.6. The molecule has 5 heteroatoms. The zero-order valence-corrected chi connectivity index (χ0v) is 12.5. The van der Waals surface area contributed by atoms with Gasteiger partial charge in [0, 0.05) is 11.7 Å². The van der Waals surface area contributed by atoms with Crippen LogP contribution in [0, 0.1) is 20.8 Å². The van der Waals surface area contributed by atoms with Crippen molar-refractivity contribution in [1.82, 2.24) is 4.72 Å². The average Bonchev–Trinajstić information content (AvgIpc) is 2.25. The van der Waals surface area contributed by atoms with Gasteiger partial charge in [-0.15, -0.1) is 0 Å². The number of anilines is 1. The van der Waals surface area contributed by atoms with Crippen molar-refractivity contribution < 1.29 is 8.42 Å². The SMILES string of the molecule is CCC(C)NS(=O)(=O)c1c(C)c(C)cc(N)c1C. The Morgan fingerprint density at radius 3 is 2.33 bits per heavy atom. The third kappa shape index (κ3) is 2.84. The highest BCUT2D eigenvalue weighted by Gasteiger charge is 2.23. The van der Waals surface area contributed by atoms with Gasteiger partial charge < -0.3 is 5.73 Å². The Balaban J connectivity index is 3.41. The molecule has 0 aliphatic carbocycles. The summed E-state index contributed by atoms with van der Waals surface area (Å²) in [5.41, 5.74) is 8.65. The van der Waals surface area contributed by atoms with Gasteiger partial charge >= 0.3 is 0 Å². The summed E-state index contributed by atoms with van der Waals surface area (Å²) in [6.07, 6.45) is 0.749. The molecule has 0 aliphatic rings. The quantitative estimate of drug-likeness (QED) is 0.824. The van der Waals surface area contributed by atoms with E-state index < -0.39 is 10.0 Å². The van der Waals surface area contributed by atoms with Gasteiger partial charge in [0.1, 0.15) is 0 Å². The van der Waals surface area contributed by atoms with Crippen LogP contribution in [-0.2, 0) is 10.0 Å². The first-order valence-corrected chi connectivity index (χ1v) is 7.57. The highest BCUT2D eigenvalue weighted by Crippen LogP contribution is 2.27. The predicted molar refractivity (Wildman–Crippen MR) is 75.1 cm³/mol. The summed E-state index contributed by atoms with van der Waals surface area (Å²) in [5.74, 6) is 0. The van der Waals surface area contributed by atoms with Crippen molar-refractivity contribution in [3.05, 3.63) is 22.8 Å². The van der Waals surface area contributed by atoms with Crippen molar-refractivity contribution >= 4 is 15.7 Å². The molecule has 0 radical (unpaired) electrons. The molecule has 4 nitrogen and oxygen atoms in total. The van der Waals surface area contributed by atoms with Crippen LogP contribution in [0.1, 0.15) is 37.0 Å². The Bertz CT molecular complexity index is 524. The first-order valence-electron chi connectivity index (χ1n) is 6.09. The van der Waals surface area contributed by atoms with Crippen molar-refractivity contribution in [1.29, 1.82) is 0 Å². The molecular formula is C13H22N2O2S. The van der Waals surface area contributed by atoms with Gasteiger partial charge in [0.05, 0.1) is 4.90 Å². The number of hydrogen-bond acceptors (Lipinski definition) is 3. The van der Waals surface area contributed by atoms with Crippen LogP contribution in [0.3, 0.4) is 0 Å². The van der Waals surface area contributed by atoms with E-state index in [-0.39, 0.29) is 6.04 Å². The molecule has 1 aromatic rings. The molecule has 0 fully saturated rings. The molecular weight excluding hydrogens is 248 g/mol. The predicted octanol–water partition coefficient (Wildman–Crippen LogP) is 2.27. The Morgan fingerprint density at radius 2 is 1.83 bits per heavy atom. The fourth-order valence-corrected chi connectivity index (χ4v) is 3.75. The number of hydrogen-bond donors (Lipinski definition) is 2. The van der Waals surface area contributed by atoms with E-state index in [9.17, 15) is 8.42 Å². The van der Waals surface area contributed by atoms with E-state index in [2.05, 4.69) is 4.72 Å². The second-order valence-corrected chi connectivity index (χ2v) is 6.44. The fraction of sp³-hybridized carbons (Fsp3) is 0.538. The second-order valence-electron chi connectivity index (χ2n) is 4.79. The summed E-state index contributed by atoms with van der Waals surface area (Å²) < 4.78 is 27.4. The van der Waals surface area contributed by atoms with Crippen LogP contribution in [0.25, 0.3) is 0 Å². The fourth-order valence-electron chi connectivity index (χ4n) is 1.85. The standard InChI is InChI=1S/C13H22N2O2S/c1-6-9(3)15-18(16,17)13-10(4)8(2)7-12(14)11(13)5/h7,9,15H,6,14H2,1-5H3. The molecule has 0 amide bonds. The number of aryl methyl sites for hydroxylation is 1. The lowest BCUT2D eigenvalue weighted by Gasteiger charge is -2.18. The Kier molecular flexibility index (Phi) is 4.40. The van der Waals surface area contributed by atoms with Gasteiger partial charge in [-0.25, -0.2) is 13.1 Å². The third-order valence-electron chi connectivity index (χ3n) is 3.32. The molecule has 0 aromatic heterocycles. The van der Waals surface area contributed by atoms with Gasteiger partial charge in [-0.1, -0.05) is 6.92 Å². The summed E-state index contributed by atoms with van der Waals surface area (Å²) >= 11 is 0. The number of benzene rings is 1.